The summed E-state index contributed by atoms with van der Waals surface area (Å²) in [4.78, 5) is 63.6. The Labute approximate surface area is 618 Å². The molecule has 0 aliphatic heterocycles. The highest BCUT2D eigenvalue weighted by molar-refractivity contribution is 7.86. The smallest absolute Gasteiger partial charge is 0.338 e. The Balaban J connectivity index is 0.000000246. The topological polar surface area (TPSA) is 619 Å². The molecule has 570 valence electrons. The highest BCUT2D eigenvalue weighted by Crippen LogP contribution is 2.27. The Morgan fingerprint density at radius 2 is 0.633 bits per heavy atom. The number of anilines is 5. The summed E-state index contributed by atoms with van der Waals surface area (Å²) in [5.74, 6) is -5.52. The number of benzene rings is 9. The predicted octanol–water partition coefficient (Wildman–Crippen LogP) is 8.37. The van der Waals surface area contributed by atoms with Gasteiger partial charge in [0.2, 0.25) is 0 Å². The average molecular weight is 1580 g/mol. The van der Waals surface area contributed by atoms with E-state index in [0.29, 0.717) is 11.5 Å². The van der Waals surface area contributed by atoms with E-state index in [-0.39, 0.29) is 89.9 Å². The molecule has 0 saturated carbocycles. The highest BCUT2D eigenvalue weighted by atomic mass is 32.2. The van der Waals surface area contributed by atoms with E-state index in [1.165, 1.54) is 154 Å². The number of aromatic carboxylic acids is 5. The molecule has 38 nitrogen and oxygen atoms in total. The summed E-state index contributed by atoms with van der Waals surface area (Å²) in [6.07, 6.45) is 5.92. The molecule has 9 aromatic carbocycles. The van der Waals surface area contributed by atoms with Gasteiger partial charge in [0, 0.05) is 40.6 Å². The fourth-order valence-electron chi connectivity index (χ4n) is 8.42. The van der Waals surface area contributed by atoms with Crippen LogP contribution in [0, 0.1) is 10.1 Å². The molecule has 0 unspecified atom stereocenters. The molecule has 0 heterocycles. The summed E-state index contributed by atoms with van der Waals surface area (Å²) in [5, 5.41) is 83.8. The summed E-state index contributed by atoms with van der Waals surface area (Å²) in [6, 6.07) is 43.9. The molecule has 0 bridgehead atoms. The molecule has 0 aliphatic rings. The zero-order valence-electron chi connectivity index (χ0n) is 55.9. The number of phenolic OH excluding ortho intramolecular Hbond substituents is 1. The zero-order valence-corrected chi connectivity index (χ0v) is 59.2. The molecule has 42 heteroatoms. The van der Waals surface area contributed by atoms with Gasteiger partial charge >= 0.3 is 29.8 Å². The van der Waals surface area contributed by atoms with E-state index >= 15 is 0 Å². The number of phenols is 1. The Bertz CT molecular complexity index is 5340. The van der Waals surface area contributed by atoms with E-state index < -0.39 is 94.8 Å². The third-order valence-electron chi connectivity index (χ3n) is 13.4. The molecule has 109 heavy (non-hydrogen) atoms. The van der Waals surface area contributed by atoms with Gasteiger partial charge in [-0.15, -0.1) is 0 Å². The first kappa shape index (κ1) is 85.8. The number of hydrazone groups is 5. The lowest BCUT2D eigenvalue weighted by atomic mass is 10.1. The van der Waals surface area contributed by atoms with Crippen molar-refractivity contribution in [1.82, 2.24) is 0 Å². The summed E-state index contributed by atoms with van der Waals surface area (Å²) in [7, 11) is -15.7. The van der Waals surface area contributed by atoms with Gasteiger partial charge in [-0.3, -0.25) is 37.2 Å². The number of carbonyl (C=O) groups is 5. The van der Waals surface area contributed by atoms with E-state index in [0.717, 1.165) is 43.1 Å². The average Bonchev–Trinajstić information content (AvgIpc) is 0.847. The van der Waals surface area contributed by atoms with Crippen LogP contribution < -0.4 is 36.6 Å². The van der Waals surface area contributed by atoms with Gasteiger partial charge in [0.15, 0.2) is 0 Å². The first-order valence-corrected chi connectivity index (χ1v) is 35.4. The summed E-state index contributed by atoms with van der Waals surface area (Å²) >= 11 is 0. The van der Waals surface area contributed by atoms with Crippen LogP contribution >= 0.6 is 0 Å². The van der Waals surface area contributed by atoms with E-state index in [1.807, 2.05) is 0 Å². The number of rotatable bonds is 26. The molecule has 9 aromatic rings. The van der Waals surface area contributed by atoms with Gasteiger partial charge in [0.05, 0.1) is 120 Å². The third kappa shape index (κ3) is 26.6. The molecule has 0 spiro atoms. The summed E-state index contributed by atoms with van der Waals surface area (Å²) in [6.45, 7) is 1.65. The van der Waals surface area contributed by atoms with E-state index in [4.69, 9.17) is 24.8 Å². The first-order chi connectivity index (χ1) is 51.4. The molecule has 9 rings (SSSR count). The van der Waals surface area contributed by atoms with Crippen molar-refractivity contribution in [3.63, 3.8) is 0 Å². The maximum absolute atomic E-state index is 11.2. The minimum Gasteiger partial charge on any atom is -0.744 e. The number of carboxylic acid groups (broad SMARTS) is 5. The Morgan fingerprint density at radius 3 is 0.936 bits per heavy atom. The second-order valence-corrected chi connectivity index (χ2v) is 26.0. The van der Waals surface area contributed by atoms with Crippen molar-refractivity contribution in [2.45, 2.75) is 26.5 Å². The summed E-state index contributed by atoms with van der Waals surface area (Å²) < 4.78 is 144. The predicted molar refractivity (Wildman–Crippen MR) is 389 cm³/mol. The van der Waals surface area contributed by atoms with Crippen LogP contribution in [0.2, 0.25) is 0 Å². The van der Waals surface area contributed by atoms with Gasteiger partial charge in [0.25, 0.3) is 5.69 Å². The molecule has 0 radical (unpaired) electrons. The Hall–Kier alpha value is -13.9. The lowest BCUT2D eigenvalue weighted by Crippen LogP contribution is -2.05. The van der Waals surface area contributed by atoms with Crippen molar-refractivity contribution in [3.05, 3.63) is 254 Å². The monoisotopic (exact) mass is 1580 g/mol. The number of non-ortho nitro benzene ring substituents is 1. The number of nitro benzene ring substituents is 1. The van der Waals surface area contributed by atoms with Gasteiger partial charge < -0.3 is 58.3 Å². The number of ether oxygens (including phenoxy) is 2. The van der Waals surface area contributed by atoms with Crippen LogP contribution in [0.1, 0.15) is 81.0 Å². The maximum atomic E-state index is 11.2. The Kier molecular flexibility index (Phi) is 31.4. The second kappa shape index (κ2) is 39.8. The largest absolute Gasteiger partial charge is 0.744 e. The van der Waals surface area contributed by atoms with Crippen LogP contribution in [0.25, 0.3) is 0 Å². The quantitative estimate of drug-likeness (QED) is 0.00796. The normalized spacial score (nSPS) is 11.3. The van der Waals surface area contributed by atoms with Crippen molar-refractivity contribution in [2.24, 2.45) is 25.5 Å². The lowest BCUT2D eigenvalue weighted by Gasteiger charge is -2.10. The molecule has 0 saturated heterocycles. The van der Waals surface area contributed by atoms with Gasteiger partial charge in [-0.2, -0.15) is 25.5 Å². The van der Waals surface area contributed by atoms with Gasteiger partial charge in [-0.05, 0) is 104 Å². The molecule has 11 N–H and O–H groups in total. The van der Waals surface area contributed by atoms with Crippen LogP contribution in [0.5, 0.6) is 17.2 Å². The van der Waals surface area contributed by atoms with Crippen molar-refractivity contribution in [3.8, 4) is 17.2 Å². The lowest BCUT2D eigenvalue weighted by molar-refractivity contribution is -0.384. The molecular weight excluding hydrogens is 1520 g/mol. The SMILES string of the molecule is C/C=N/Nc1ccc([N+](=O)[O-])cc1C(=O)O.COc1ccc(N/N=C/c2ccccc2S(=O)(=O)[O-])c(C(=O)O)c1.COc1ccc(N/N=C\c2ccccc2S(=O)(=O)[O-])c(C(=O)O)c1.O=C(O)c1cc(O)ccc1N/N=C/c1ccccc1S(=O)(=O)[O-].O=C(O)c1ccccc1N/N=C/c1ccccc1S(=O)(=O)[O-]. The highest BCUT2D eigenvalue weighted by Gasteiger charge is 2.18. The molecule has 0 amide bonds. The summed E-state index contributed by atoms with van der Waals surface area (Å²) in [5.41, 5.74) is 12.9. The second-order valence-electron chi connectivity index (χ2n) is 20.6. The van der Waals surface area contributed by atoms with E-state index in [9.17, 15) is 101 Å². The van der Waals surface area contributed by atoms with Crippen molar-refractivity contribution < 1.29 is 121 Å². The maximum Gasteiger partial charge on any atom is 0.338 e. The van der Waals surface area contributed by atoms with Crippen LogP contribution in [-0.4, -0.2) is 163 Å². The number of hydrogen-bond donors (Lipinski definition) is 11. The van der Waals surface area contributed by atoms with Crippen LogP contribution in [0.15, 0.2) is 239 Å². The van der Waals surface area contributed by atoms with Gasteiger partial charge in [-0.25, -0.2) is 57.6 Å². The minimum atomic E-state index is -4.65. The Morgan fingerprint density at radius 1 is 0.367 bits per heavy atom. The van der Waals surface area contributed by atoms with Crippen LogP contribution in [0.4, 0.5) is 34.1 Å². The number of hydrogen-bond acceptors (Lipinski definition) is 32. The number of aromatic hydroxyl groups is 1. The first-order valence-electron chi connectivity index (χ1n) is 29.7. The zero-order chi connectivity index (χ0) is 80.8. The van der Waals surface area contributed by atoms with E-state index in [1.54, 1.807) is 49.4 Å². The standard InChI is InChI=1S/2C15H14N2O6S.C14H12N2O6S.C14H12N2O5S.C9H9N3O4/c2*1-23-11-6-7-13(12(8-11)15(18)19)17-16-9-10-4-2-3-5-14(10)24(20,21)22;17-10-5-6-12(11(7-10)14(18)19)16-15-8-9-3-1-2-4-13(9)23(20,21)22;17-14(18)11-6-2-3-7-12(11)16-15-9-10-5-1-4-8-13(10)22(19,20)21;1-2-10-11-8-4-3-6(12(15)16)5-7(8)9(13)14/h2*2-9,17H,1H3,(H,18,19)(H,20,21,22);1-8,16-17H,(H,18,19)(H,20,21,22);1-9,16H,(H,17,18)(H,19,20,21);2-5,11H,1H3,(H,13,14)/p-4/b16-9+;16-9-;15-8+;15-9+;10-2+. The van der Waals surface area contributed by atoms with Crippen molar-refractivity contribution in [2.75, 3.05) is 41.3 Å². The van der Waals surface area contributed by atoms with Crippen LogP contribution in [0.3, 0.4) is 0 Å². The fourth-order valence-corrected chi connectivity index (χ4v) is 11.0. The number of methoxy groups -OCH3 is 2. The molecular formula is C67H57N11O27S4-4. The van der Waals surface area contributed by atoms with Gasteiger partial charge in [-0.1, -0.05) is 84.9 Å². The fraction of sp³-hybridized carbons (Fsp3) is 0.0448. The number of nitro groups is 1. The number of carboxylic acids is 5. The van der Waals surface area contributed by atoms with Crippen molar-refractivity contribution >= 4 is 136 Å². The molecule has 0 aromatic heterocycles. The van der Waals surface area contributed by atoms with E-state index in [2.05, 4.69) is 52.6 Å². The number of nitrogens with zero attached hydrogens (tertiary/aromatic N) is 6. The molecule has 0 aliphatic carbocycles. The minimum absolute atomic E-state index is 0.0179. The number of nitrogens with one attached hydrogen (secondary N) is 5. The van der Waals surface area contributed by atoms with Gasteiger partial charge in [0.1, 0.15) is 57.7 Å². The number of para-hydroxylation sites is 1. The molecule has 0 atom stereocenters. The van der Waals surface area contributed by atoms with Crippen LogP contribution in [-0.2, 0) is 40.5 Å². The van der Waals surface area contributed by atoms with Crippen molar-refractivity contribution in [1.29, 1.82) is 0 Å². The third-order valence-corrected chi connectivity index (χ3v) is 17.0. The molecule has 0 fully saturated rings.